The number of rotatable bonds is 1. The number of aryl methyl sites for hydroxylation is 2. The predicted octanol–water partition coefficient (Wildman–Crippen LogP) is 4.86. The maximum atomic E-state index is 4.00. The maximum Gasteiger partial charge on any atom is 0.0408 e. The molecule has 21 heavy (non-hydrogen) atoms. The first-order chi connectivity index (χ1) is 10.1. The largest absolute Gasteiger partial charge is 0.381 e. The second-order valence-electron chi connectivity index (χ2n) is 8.73. The molecule has 1 aliphatic heterocycles. The van der Waals surface area contributed by atoms with Crippen LogP contribution in [-0.2, 0) is 6.42 Å². The van der Waals surface area contributed by atoms with Crippen LogP contribution in [0.1, 0.15) is 55.2 Å². The first-order valence-electron chi connectivity index (χ1n) is 8.98. The molecule has 0 spiro atoms. The van der Waals surface area contributed by atoms with Gasteiger partial charge in [-0.3, -0.25) is 0 Å². The van der Waals surface area contributed by atoms with Gasteiger partial charge in [-0.25, -0.2) is 0 Å². The number of benzene rings is 1. The van der Waals surface area contributed by atoms with Crippen molar-refractivity contribution in [1.82, 2.24) is 0 Å². The van der Waals surface area contributed by atoms with Gasteiger partial charge < -0.3 is 5.32 Å². The third-order valence-electron chi connectivity index (χ3n) is 7.31. The topological polar surface area (TPSA) is 12.0 Å². The van der Waals surface area contributed by atoms with E-state index in [1.54, 1.807) is 24.8 Å². The number of fused-ring (bicyclic) bond motifs is 1. The molecule has 1 aromatic rings. The van der Waals surface area contributed by atoms with Crippen LogP contribution in [0.2, 0.25) is 0 Å². The Bertz CT molecular complexity index is 534. The molecular formula is C20H27N. The van der Waals surface area contributed by atoms with Crippen molar-refractivity contribution < 1.29 is 0 Å². The molecule has 4 aliphatic carbocycles. The van der Waals surface area contributed by atoms with Crippen LogP contribution in [-0.4, -0.2) is 6.04 Å². The Labute approximate surface area is 128 Å². The molecule has 6 rings (SSSR count). The monoisotopic (exact) mass is 281 g/mol. The zero-order valence-electron chi connectivity index (χ0n) is 13.4. The van der Waals surface area contributed by atoms with E-state index in [0.717, 1.165) is 23.8 Å². The summed E-state index contributed by atoms with van der Waals surface area (Å²) in [7, 11) is 0. The number of nitrogens with one attached hydrogen (secondary N) is 1. The van der Waals surface area contributed by atoms with Gasteiger partial charge in [0.15, 0.2) is 0 Å². The van der Waals surface area contributed by atoms with Crippen molar-refractivity contribution in [2.24, 2.45) is 23.2 Å². The molecule has 0 amide bonds. The summed E-state index contributed by atoms with van der Waals surface area (Å²) in [5, 5.41) is 4.00. The Hall–Kier alpha value is -0.980. The zero-order chi connectivity index (χ0) is 14.2. The molecule has 5 aliphatic rings. The highest BCUT2D eigenvalue weighted by Gasteiger charge is 2.55. The van der Waals surface area contributed by atoms with Gasteiger partial charge in [-0.15, -0.1) is 0 Å². The normalized spacial score (nSPS) is 43.0. The van der Waals surface area contributed by atoms with Gasteiger partial charge in [-0.2, -0.15) is 0 Å². The van der Waals surface area contributed by atoms with E-state index in [4.69, 9.17) is 0 Å². The van der Waals surface area contributed by atoms with Gasteiger partial charge in [0.1, 0.15) is 0 Å². The van der Waals surface area contributed by atoms with Gasteiger partial charge >= 0.3 is 0 Å². The van der Waals surface area contributed by atoms with Crippen LogP contribution in [0, 0.1) is 37.0 Å². The fraction of sp³-hybridized carbons (Fsp3) is 0.700. The van der Waals surface area contributed by atoms with E-state index in [1.807, 2.05) is 0 Å². The number of hydrogen-bond acceptors (Lipinski definition) is 1. The van der Waals surface area contributed by atoms with Gasteiger partial charge in [0.2, 0.25) is 0 Å². The van der Waals surface area contributed by atoms with E-state index in [0.29, 0.717) is 5.41 Å². The Balaban J connectivity index is 1.50. The summed E-state index contributed by atoms with van der Waals surface area (Å²) >= 11 is 0. The van der Waals surface area contributed by atoms with E-state index in [1.165, 1.54) is 42.5 Å². The van der Waals surface area contributed by atoms with Gasteiger partial charge in [0.25, 0.3) is 0 Å². The van der Waals surface area contributed by atoms with Crippen molar-refractivity contribution >= 4 is 5.69 Å². The van der Waals surface area contributed by atoms with Crippen LogP contribution >= 0.6 is 0 Å². The average Bonchev–Trinajstić information content (AvgIpc) is 2.89. The lowest BCUT2D eigenvalue weighted by atomic mass is 9.47. The number of hydrogen-bond donors (Lipinski definition) is 1. The summed E-state index contributed by atoms with van der Waals surface area (Å²) in [6.07, 6.45) is 10.5. The first kappa shape index (κ1) is 12.6. The smallest absolute Gasteiger partial charge is 0.0408 e. The van der Waals surface area contributed by atoms with Crippen molar-refractivity contribution in [3.05, 3.63) is 28.8 Å². The van der Waals surface area contributed by atoms with Gasteiger partial charge in [0.05, 0.1) is 0 Å². The Morgan fingerprint density at radius 2 is 1.48 bits per heavy atom. The molecule has 112 valence electrons. The maximum absolute atomic E-state index is 4.00. The minimum atomic E-state index is 0.632. The third kappa shape index (κ3) is 1.69. The molecule has 0 aromatic heterocycles. The van der Waals surface area contributed by atoms with Crippen LogP contribution in [0.4, 0.5) is 5.69 Å². The molecular weight excluding hydrogens is 254 g/mol. The second kappa shape index (κ2) is 4.06. The molecule has 4 fully saturated rings. The Morgan fingerprint density at radius 3 is 2.05 bits per heavy atom. The Kier molecular flexibility index (Phi) is 2.42. The molecule has 1 aromatic carbocycles. The SMILES string of the molecule is Cc1ccc(C)c2c1CC(C13CC4CC(CC(C4)C1)C3)N2. The molecule has 1 heteroatoms. The van der Waals surface area contributed by atoms with Gasteiger partial charge in [-0.1, -0.05) is 12.1 Å². The summed E-state index contributed by atoms with van der Waals surface area (Å²) in [6.45, 7) is 4.56. The van der Waals surface area contributed by atoms with Crippen molar-refractivity contribution in [1.29, 1.82) is 0 Å². The fourth-order valence-corrected chi connectivity index (χ4v) is 6.74. The summed E-state index contributed by atoms with van der Waals surface area (Å²) in [6, 6.07) is 5.34. The first-order valence-corrected chi connectivity index (χ1v) is 8.98. The van der Waals surface area contributed by atoms with Crippen LogP contribution in [0.25, 0.3) is 0 Å². The molecule has 4 bridgehead atoms. The van der Waals surface area contributed by atoms with Gasteiger partial charge in [0, 0.05) is 11.7 Å². The molecule has 1 N–H and O–H groups in total. The molecule has 0 radical (unpaired) electrons. The highest BCUT2D eigenvalue weighted by molar-refractivity contribution is 5.64. The lowest BCUT2D eigenvalue weighted by Crippen LogP contribution is -2.53. The van der Waals surface area contributed by atoms with Gasteiger partial charge in [-0.05, 0) is 98.7 Å². The highest BCUT2D eigenvalue weighted by atomic mass is 15.0. The summed E-state index contributed by atoms with van der Waals surface area (Å²) in [4.78, 5) is 0. The molecule has 1 nitrogen and oxygen atoms in total. The van der Waals surface area contributed by atoms with Crippen LogP contribution in [0.15, 0.2) is 12.1 Å². The minimum Gasteiger partial charge on any atom is -0.381 e. The second-order valence-corrected chi connectivity index (χ2v) is 8.73. The van der Waals surface area contributed by atoms with Crippen molar-refractivity contribution in [2.75, 3.05) is 5.32 Å². The van der Waals surface area contributed by atoms with Crippen LogP contribution in [0.3, 0.4) is 0 Å². The van der Waals surface area contributed by atoms with Crippen molar-refractivity contribution in [2.45, 2.75) is 64.8 Å². The van der Waals surface area contributed by atoms with E-state index in [9.17, 15) is 0 Å². The Morgan fingerprint density at radius 1 is 0.905 bits per heavy atom. The standard InChI is InChI=1S/C20H27N/c1-12-3-4-13(2)19-17(12)8-18(21-19)20-9-14-5-15(10-20)7-16(6-14)11-20/h3-4,14-16,18,21H,5-11H2,1-2H3. The number of anilines is 1. The summed E-state index contributed by atoms with van der Waals surface area (Å²) < 4.78 is 0. The predicted molar refractivity (Wildman–Crippen MR) is 87.6 cm³/mol. The molecule has 4 saturated carbocycles. The molecule has 0 saturated heterocycles. The highest BCUT2D eigenvalue weighted by Crippen LogP contribution is 2.62. The van der Waals surface area contributed by atoms with Crippen LogP contribution < -0.4 is 5.32 Å². The summed E-state index contributed by atoms with van der Waals surface area (Å²) in [5.41, 5.74) is 6.68. The molecule has 1 unspecified atom stereocenters. The zero-order valence-corrected chi connectivity index (χ0v) is 13.4. The fourth-order valence-electron chi connectivity index (χ4n) is 6.74. The van der Waals surface area contributed by atoms with E-state index >= 15 is 0 Å². The molecule has 1 heterocycles. The lowest BCUT2D eigenvalue weighted by Gasteiger charge is -2.59. The molecule has 1 atom stereocenters. The van der Waals surface area contributed by atoms with E-state index < -0.39 is 0 Å². The lowest BCUT2D eigenvalue weighted by molar-refractivity contribution is -0.0620. The van der Waals surface area contributed by atoms with Crippen LogP contribution in [0.5, 0.6) is 0 Å². The van der Waals surface area contributed by atoms with E-state index in [2.05, 4.69) is 31.3 Å². The third-order valence-corrected chi connectivity index (χ3v) is 7.31. The average molecular weight is 281 g/mol. The quantitative estimate of drug-likeness (QED) is 0.775. The van der Waals surface area contributed by atoms with Crippen molar-refractivity contribution in [3.63, 3.8) is 0 Å². The van der Waals surface area contributed by atoms with E-state index in [-0.39, 0.29) is 0 Å². The minimum absolute atomic E-state index is 0.632. The van der Waals surface area contributed by atoms with Crippen molar-refractivity contribution in [3.8, 4) is 0 Å². The summed E-state index contributed by atoms with van der Waals surface area (Å²) in [5.74, 6) is 3.18.